The van der Waals surface area contributed by atoms with Gasteiger partial charge in [-0.05, 0) is 35.9 Å². The zero-order chi connectivity index (χ0) is 17.1. The van der Waals surface area contributed by atoms with Gasteiger partial charge in [0.05, 0.1) is 5.56 Å². The lowest BCUT2D eigenvalue weighted by atomic mass is 10.1. The van der Waals surface area contributed by atoms with E-state index < -0.39 is 11.8 Å². The number of amides is 1. The zero-order valence-corrected chi connectivity index (χ0v) is 12.7. The van der Waals surface area contributed by atoms with E-state index in [2.05, 4.69) is 10.3 Å². The molecule has 5 nitrogen and oxygen atoms in total. The van der Waals surface area contributed by atoms with Crippen LogP contribution < -0.4 is 5.32 Å². The summed E-state index contributed by atoms with van der Waals surface area (Å²) < 4.78 is 18.8. The van der Waals surface area contributed by atoms with Gasteiger partial charge in [-0.25, -0.2) is 14.2 Å². The minimum Gasteiger partial charge on any atom is -0.402 e. The van der Waals surface area contributed by atoms with Crippen molar-refractivity contribution in [3.63, 3.8) is 0 Å². The number of nitrogens with zero attached hydrogens (tertiary/aromatic N) is 1. The molecule has 1 N–H and O–H groups in total. The summed E-state index contributed by atoms with van der Waals surface area (Å²) in [5, 5.41) is 2.65. The van der Waals surface area contributed by atoms with Gasteiger partial charge in [0.2, 0.25) is 11.8 Å². The first-order chi connectivity index (χ1) is 11.5. The number of aliphatic imine (C=N–C) groups is 1. The molecule has 0 bridgehead atoms. The van der Waals surface area contributed by atoms with Crippen LogP contribution in [-0.4, -0.2) is 17.8 Å². The van der Waals surface area contributed by atoms with E-state index >= 15 is 0 Å². The predicted octanol–water partition coefficient (Wildman–Crippen LogP) is 3.13. The van der Waals surface area contributed by atoms with Gasteiger partial charge in [-0.1, -0.05) is 24.3 Å². The summed E-state index contributed by atoms with van der Waals surface area (Å²) in [6.07, 6.45) is 1.54. The average molecular weight is 324 g/mol. The number of hydrogen-bond donors (Lipinski definition) is 1. The standard InChI is InChI=1S/C18H13FN2O3/c1-11(22)20-13-8-6-12(7-9-13)10-16-18(23)24-17(21-16)14-4-2-3-5-15(14)19/h2-10H,1H3,(H,20,22)/b16-10-. The van der Waals surface area contributed by atoms with Crippen molar-refractivity contribution in [3.05, 3.63) is 71.2 Å². The van der Waals surface area contributed by atoms with E-state index in [0.29, 0.717) is 11.3 Å². The number of ether oxygens (including phenoxy) is 1. The number of carbonyl (C=O) groups excluding carboxylic acids is 2. The van der Waals surface area contributed by atoms with Crippen LogP contribution in [0.1, 0.15) is 18.1 Å². The lowest BCUT2D eigenvalue weighted by Crippen LogP contribution is -2.07. The summed E-state index contributed by atoms with van der Waals surface area (Å²) in [5.41, 5.74) is 1.57. The van der Waals surface area contributed by atoms with Crippen LogP contribution in [0.15, 0.2) is 59.2 Å². The molecule has 0 unspecified atom stereocenters. The maximum Gasteiger partial charge on any atom is 0.363 e. The van der Waals surface area contributed by atoms with Crippen molar-refractivity contribution in [2.75, 3.05) is 5.32 Å². The van der Waals surface area contributed by atoms with Crippen LogP contribution in [-0.2, 0) is 14.3 Å². The van der Waals surface area contributed by atoms with Crippen molar-refractivity contribution in [1.29, 1.82) is 0 Å². The molecule has 6 heteroatoms. The van der Waals surface area contributed by atoms with Gasteiger partial charge >= 0.3 is 5.97 Å². The number of esters is 1. The monoisotopic (exact) mass is 324 g/mol. The second-order valence-electron chi connectivity index (χ2n) is 5.12. The molecule has 0 fully saturated rings. The van der Waals surface area contributed by atoms with E-state index in [1.165, 1.54) is 25.1 Å². The smallest absolute Gasteiger partial charge is 0.363 e. The van der Waals surface area contributed by atoms with E-state index in [4.69, 9.17) is 4.74 Å². The van der Waals surface area contributed by atoms with Gasteiger partial charge in [0.25, 0.3) is 0 Å². The number of anilines is 1. The summed E-state index contributed by atoms with van der Waals surface area (Å²) >= 11 is 0. The fourth-order valence-electron chi connectivity index (χ4n) is 2.18. The highest BCUT2D eigenvalue weighted by atomic mass is 19.1. The summed E-state index contributed by atoms with van der Waals surface area (Å²) in [4.78, 5) is 26.9. The number of nitrogens with one attached hydrogen (secondary N) is 1. The lowest BCUT2D eigenvalue weighted by molar-refractivity contribution is -0.130. The minimum atomic E-state index is -0.640. The number of rotatable bonds is 3. The van der Waals surface area contributed by atoms with Crippen LogP contribution >= 0.6 is 0 Å². The fourth-order valence-corrected chi connectivity index (χ4v) is 2.18. The Morgan fingerprint density at radius 3 is 2.54 bits per heavy atom. The average Bonchev–Trinajstić information content (AvgIpc) is 2.90. The molecule has 0 aliphatic carbocycles. The molecule has 0 spiro atoms. The summed E-state index contributed by atoms with van der Waals surface area (Å²) in [7, 11) is 0. The minimum absolute atomic E-state index is 0.0563. The number of halogens is 1. The van der Waals surface area contributed by atoms with Crippen LogP contribution in [0.2, 0.25) is 0 Å². The van der Waals surface area contributed by atoms with Crippen molar-refractivity contribution in [2.24, 2.45) is 4.99 Å². The fraction of sp³-hybridized carbons (Fsp3) is 0.0556. The molecular formula is C18H13FN2O3. The first-order valence-corrected chi connectivity index (χ1v) is 7.18. The van der Waals surface area contributed by atoms with Crippen molar-refractivity contribution in [1.82, 2.24) is 0 Å². The van der Waals surface area contributed by atoms with Gasteiger partial charge in [-0.2, -0.15) is 0 Å². The third-order valence-electron chi connectivity index (χ3n) is 3.26. The van der Waals surface area contributed by atoms with Gasteiger partial charge < -0.3 is 10.1 Å². The molecule has 0 atom stereocenters. The Balaban J connectivity index is 1.86. The van der Waals surface area contributed by atoms with E-state index in [-0.39, 0.29) is 23.1 Å². The molecule has 1 amide bonds. The second kappa shape index (κ2) is 6.45. The van der Waals surface area contributed by atoms with E-state index in [1.807, 2.05) is 0 Å². The Labute approximate surface area is 137 Å². The Morgan fingerprint density at radius 2 is 1.88 bits per heavy atom. The summed E-state index contributed by atoms with van der Waals surface area (Å²) in [6.45, 7) is 1.42. The highest BCUT2D eigenvalue weighted by Gasteiger charge is 2.25. The number of hydrogen-bond acceptors (Lipinski definition) is 4. The molecule has 2 aromatic carbocycles. The Bertz CT molecular complexity index is 870. The first-order valence-electron chi connectivity index (χ1n) is 7.18. The van der Waals surface area contributed by atoms with Crippen LogP contribution in [0.25, 0.3) is 6.08 Å². The van der Waals surface area contributed by atoms with Crippen LogP contribution in [0.5, 0.6) is 0 Å². The molecule has 1 aliphatic heterocycles. The molecule has 0 saturated heterocycles. The Kier molecular flexibility index (Phi) is 4.20. The molecule has 3 rings (SSSR count). The molecule has 24 heavy (non-hydrogen) atoms. The topological polar surface area (TPSA) is 67.8 Å². The van der Waals surface area contributed by atoms with Gasteiger partial charge in [0.1, 0.15) is 5.82 Å². The molecule has 0 saturated carbocycles. The lowest BCUT2D eigenvalue weighted by Gasteiger charge is -2.01. The molecular weight excluding hydrogens is 311 g/mol. The highest BCUT2D eigenvalue weighted by Crippen LogP contribution is 2.21. The molecule has 120 valence electrons. The molecule has 2 aromatic rings. The number of cyclic esters (lactones) is 1. The largest absolute Gasteiger partial charge is 0.402 e. The molecule has 0 aromatic heterocycles. The van der Waals surface area contributed by atoms with Gasteiger partial charge in [-0.15, -0.1) is 0 Å². The van der Waals surface area contributed by atoms with Crippen molar-refractivity contribution in [3.8, 4) is 0 Å². The van der Waals surface area contributed by atoms with Crippen LogP contribution in [0.3, 0.4) is 0 Å². The van der Waals surface area contributed by atoms with E-state index in [0.717, 1.165) is 0 Å². The maximum absolute atomic E-state index is 13.7. The van der Waals surface area contributed by atoms with E-state index in [1.54, 1.807) is 36.4 Å². The predicted molar refractivity (Wildman–Crippen MR) is 87.8 cm³/mol. The van der Waals surface area contributed by atoms with Gasteiger partial charge in [0.15, 0.2) is 5.70 Å². The summed E-state index contributed by atoms with van der Waals surface area (Å²) in [6, 6.07) is 12.8. The van der Waals surface area contributed by atoms with Crippen molar-refractivity contribution < 1.29 is 18.7 Å². The SMILES string of the molecule is CC(=O)Nc1ccc(/C=C2\N=C(c3ccccc3F)OC2=O)cc1. The molecule has 0 radical (unpaired) electrons. The third kappa shape index (κ3) is 3.38. The quantitative estimate of drug-likeness (QED) is 0.697. The molecule has 1 aliphatic rings. The first kappa shape index (κ1) is 15.6. The normalized spacial score (nSPS) is 15.2. The Hall–Kier alpha value is -3.28. The van der Waals surface area contributed by atoms with Gasteiger partial charge in [-0.3, -0.25) is 4.79 Å². The highest BCUT2D eigenvalue weighted by molar-refractivity contribution is 6.12. The van der Waals surface area contributed by atoms with Crippen LogP contribution in [0, 0.1) is 5.82 Å². The third-order valence-corrected chi connectivity index (χ3v) is 3.26. The number of benzene rings is 2. The van der Waals surface area contributed by atoms with Crippen molar-refractivity contribution >= 4 is 29.5 Å². The van der Waals surface area contributed by atoms with Crippen molar-refractivity contribution in [2.45, 2.75) is 6.92 Å². The number of carbonyl (C=O) groups is 2. The molecule has 1 heterocycles. The Morgan fingerprint density at radius 1 is 1.17 bits per heavy atom. The maximum atomic E-state index is 13.7. The van der Waals surface area contributed by atoms with E-state index in [9.17, 15) is 14.0 Å². The van der Waals surface area contributed by atoms with Crippen LogP contribution in [0.4, 0.5) is 10.1 Å². The van der Waals surface area contributed by atoms with Gasteiger partial charge in [0, 0.05) is 12.6 Å². The zero-order valence-electron chi connectivity index (χ0n) is 12.7. The summed E-state index contributed by atoms with van der Waals surface area (Å²) in [5.74, 6) is -1.37. The second-order valence-corrected chi connectivity index (χ2v) is 5.12.